The van der Waals surface area contributed by atoms with Crippen LogP contribution in [0.1, 0.15) is 11.1 Å². The van der Waals surface area contributed by atoms with Crippen LogP contribution in [0.5, 0.6) is 0 Å². The summed E-state index contributed by atoms with van der Waals surface area (Å²) in [5.74, 6) is 0.489. The summed E-state index contributed by atoms with van der Waals surface area (Å²) < 4.78 is 1.81. The molecule has 7 heteroatoms. The van der Waals surface area contributed by atoms with Gasteiger partial charge in [0.2, 0.25) is 0 Å². The lowest BCUT2D eigenvalue weighted by Crippen LogP contribution is -2.28. The Labute approximate surface area is 168 Å². The minimum Gasteiger partial charge on any atom is -0.382 e. The summed E-state index contributed by atoms with van der Waals surface area (Å²) in [6.45, 7) is 0.807. The molecule has 4 rings (SSSR count). The zero-order valence-electron chi connectivity index (χ0n) is 15.8. The van der Waals surface area contributed by atoms with Gasteiger partial charge in [0.25, 0.3) is 0 Å². The number of amides is 2. The van der Waals surface area contributed by atoms with E-state index < -0.39 is 0 Å². The van der Waals surface area contributed by atoms with Crippen molar-refractivity contribution >= 4 is 28.4 Å². The van der Waals surface area contributed by atoms with Crippen LogP contribution in [0, 0.1) is 0 Å². The van der Waals surface area contributed by atoms with E-state index in [1.807, 2.05) is 77.5 Å². The second-order valence-corrected chi connectivity index (χ2v) is 6.70. The molecule has 0 aliphatic carbocycles. The quantitative estimate of drug-likeness (QED) is 0.421. The minimum atomic E-state index is -0.279. The third kappa shape index (κ3) is 4.04. The average Bonchev–Trinajstić information content (AvgIpc) is 3.09. The molecule has 0 bridgehead atoms. The lowest BCUT2D eigenvalue weighted by molar-refractivity contribution is 0.251. The molecule has 7 nitrogen and oxygen atoms in total. The number of hydrogen-bond acceptors (Lipinski definition) is 4. The maximum Gasteiger partial charge on any atom is 0.319 e. The SMILES string of the molecule is NCc1cccc(NC(=O)NCc2cccc(-n3nc(N)c4ccccc43)c2)c1. The van der Waals surface area contributed by atoms with Gasteiger partial charge in [-0.2, -0.15) is 0 Å². The zero-order valence-corrected chi connectivity index (χ0v) is 15.8. The van der Waals surface area contributed by atoms with Crippen molar-refractivity contribution in [3.63, 3.8) is 0 Å². The maximum absolute atomic E-state index is 12.2. The van der Waals surface area contributed by atoms with Crippen LogP contribution in [0.15, 0.2) is 72.8 Å². The van der Waals surface area contributed by atoms with Crippen molar-refractivity contribution in [1.82, 2.24) is 15.1 Å². The van der Waals surface area contributed by atoms with Gasteiger partial charge < -0.3 is 22.1 Å². The number of hydrogen-bond donors (Lipinski definition) is 4. The number of nitrogen functional groups attached to an aromatic ring is 1. The van der Waals surface area contributed by atoms with Crippen molar-refractivity contribution in [2.75, 3.05) is 11.1 Å². The standard InChI is InChI=1S/C22H22N6O/c23-13-15-5-3-7-17(11-15)26-22(29)25-14-16-6-4-8-18(12-16)28-20-10-2-1-9-19(20)21(24)27-28/h1-12H,13-14,23H2,(H2,24,27)(H2,25,26,29). The Balaban J connectivity index is 1.47. The number of rotatable bonds is 5. The first-order chi connectivity index (χ1) is 14.1. The van der Waals surface area contributed by atoms with Gasteiger partial charge in [0, 0.05) is 24.2 Å². The normalized spacial score (nSPS) is 10.8. The minimum absolute atomic E-state index is 0.279. The number of nitrogens with two attached hydrogens (primary N) is 2. The van der Waals surface area contributed by atoms with E-state index in [1.54, 1.807) is 0 Å². The molecule has 3 aromatic carbocycles. The van der Waals surface area contributed by atoms with E-state index >= 15 is 0 Å². The van der Waals surface area contributed by atoms with Crippen molar-refractivity contribution < 1.29 is 4.79 Å². The van der Waals surface area contributed by atoms with Crippen LogP contribution in [-0.4, -0.2) is 15.8 Å². The number of nitrogens with one attached hydrogen (secondary N) is 2. The Morgan fingerprint density at radius 2 is 1.76 bits per heavy atom. The number of benzene rings is 3. The summed E-state index contributed by atoms with van der Waals surface area (Å²) in [6.07, 6.45) is 0. The number of fused-ring (bicyclic) bond motifs is 1. The topological polar surface area (TPSA) is 111 Å². The van der Waals surface area contributed by atoms with Crippen LogP contribution < -0.4 is 22.1 Å². The predicted octanol–water partition coefficient (Wildman–Crippen LogP) is 3.39. The molecule has 29 heavy (non-hydrogen) atoms. The number of carbonyl (C=O) groups is 1. The Kier molecular flexibility index (Phi) is 5.13. The third-order valence-electron chi connectivity index (χ3n) is 4.64. The molecule has 146 valence electrons. The van der Waals surface area contributed by atoms with Crippen molar-refractivity contribution in [1.29, 1.82) is 0 Å². The molecule has 0 radical (unpaired) electrons. The molecule has 6 N–H and O–H groups in total. The van der Waals surface area contributed by atoms with E-state index in [4.69, 9.17) is 11.5 Å². The number of para-hydroxylation sites is 1. The maximum atomic E-state index is 12.2. The van der Waals surface area contributed by atoms with Gasteiger partial charge in [-0.15, -0.1) is 5.10 Å². The molecular weight excluding hydrogens is 364 g/mol. The lowest BCUT2D eigenvalue weighted by Gasteiger charge is -2.10. The molecule has 0 unspecified atom stereocenters. The van der Waals surface area contributed by atoms with E-state index in [2.05, 4.69) is 15.7 Å². The first-order valence-electron chi connectivity index (χ1n) is 9.30. The smallest absolute Gasteiger partial charge is 0.319 e. The lowest BCUT2D eigenvalue weighted by atomic mass is 10.2. The molecule has 0 saturated carbocycles. The number of anilines is 2. The molecular formula is C22H22N6O. The van der Waals surface area contributed by atoms with Crippen molar-refractivity contribution in [3.05, 3.63) is 83.9 Å². The highest BCUT2D eigenvalue weighted by molar-refractivity contribution is 5.90. The second-order valence-electron chi connectivity index (χ2n) is 6.70. The van der Waals surface area contributed by atoms with Crippen LogP contribution in [0.2, 0.25) is 0 Å². The highest BCUT2D eigenvalue weighted by atomic mass is 16.2. The Hall–Kier alpha value is -3.84. The molecule has 2 amide bonds. The monoisotopic (exact) mass is 386 g/mol. The van der Waals surface area contributed by atoms with Gasteiger partial charge in [-0.3, -0.25) is 0 Å². The van der Waals surface area contributed by atoms with Crippen LogP contribution in [0.3, 0.4) is 0 Å². The highest BCUT2D eigenvalue weighted by Crippen LogP contribution is 2.23. The second kappa shape index (κ2) is 8.04. The fourth-order valence-electron chi connectivity index (χ4n) is 3.22. The summed E-state index contributed by atoms with van der Waals surface area (Å²) >= 11 is 0. The summed E-state index contributed by atoms with van der Waals surface area (Å²) in [4.78, 5) is 12.2. The van der Waals surface area contributed by atoms with E-state index in [9.17, 15) is 4.79 Å². The van der Waals surface area contributed by atoms with Gasteiger partial charge in [-0.05, 0) is 47.5 Å². The highest BCUT2D eigenvalue weighted by Gasteiger charge is 2.09. The molecule has 0 aliphatic heterocycles. The van der Waals surface area contributed by atoms with Gasteiger partial charge >= 0.3 is 6.03 Å². The summed E-state index contributed by atoms with van der Waals surface area (Å²) in [7, 11) is 0. The fourth-order valence-corrected chi connectivity index (χ4v) is 3.22. The van der Waals surface area contributed by atoms with E-state index in [0.717, 1.165) is 27.7 Å². The van der Waals surface area contributed by atoms with Crippen molar-refractivity contribution in [3.8, 4) is 5.69 Å². The number of nitrogens with zero attached hydrogens (tertiary/aromatic N) is 2. The van der Waals surface area contributed by atoms with Crippen LogP contribution in [0.25, 0.3) is 16.6 Å². The van der Waals surface area contributed by atoms with Gasteiger partial charge in [0.05, 0.1) is 11.2 Å². The summed E-state index contributed by atoms with van der Waals surface area (Å²) in [6, 6.07) is 22.8. The summed E-state index contributed by atoms with van der Waals surface area (Å²) in [5.41, 5.74) is 16.1. The zero-order chi connectivity index (χ0) is 20.2. The van der Waals surface area contributed by atoms with Gasteiger partial charge in [0.1, 0.15) is 0 Å². The number of aromatic nitrogens is 2. The Bertz CT molecular complexity index is 1170. The molecule has 0 saturated heterocycles. The molecule has 0 aliphatic rings. The van der Waals surface area contributed by atoms with Crippen LogP contribution in [0.4, 0.5) is 16.3 Å². The Morgan fingerprint density at radius 3 is 2.62 bits per heavy atom. The van der Waals surface area contributed by atoms with E-state index in [0.29, 0.717) is 24.6 Å². The fraction of sp³-hybridized carbons (Fsp3) is 0.0909. The van der Waals surface area contributed by atoms with Crippen molar-refractivity contribution in [2.24, 2.45) is 5.73 Å². The molecule has 0 atom stereocenters. The number of urea groups is 1. The third-order valence-corrected chi connectivity index (χ3v) is 4.64. The molecule has 0 spiro atoms. The van der Waals surface area contributed by atoms with E-state index in [1.165, 1.54) is 0 Å². The number of carbonyl (C=O) groups excluding carboxylic acids is 1. The van der Waals surface area contributed by atoms with Gasteiger partial charge in [-0.1, -0.05) is 36.4 Å². The van der Waals surface area contributed by atoms with Crippen LogP contribution in [-0.2, 0) is 13.1 Å². The predicted molar refractivity (Wildman–Crippen MR) is 116 cm³/mol. The first-order valence-corrected chi connectivity index (χ1v) is 9.30. The van der Waals surface area contributed by atoms with Gasteiger partial charge in [-0.25, -0.2) is 9.48 Å². The molecule has 4 aromatic rings. The van der Waals surface area contributed by atoms with Gasteiger partial charge in [0.15, 0.2) is 5.82 Å². The van der Waals surface area contributed by atoms with Crippen LogP contribution >= 0.6 is 0 Å². The molecule has 0 fully saturated rings. The largest absolute Gasteiger partial charge is 0.382 e. The van der Waals surface area contributed by atoms with E-state index in [-0.39, 0.29) is 6.03 Å². The summed E-state index contributed by atoms with van der Waals surface area (Å²) in [5, 5.41) is 11.1. The Morgan fingerprint density at radius 1 is 0.966 bits per heavy atom. The molecule has 1 heterocycles. The first kappa shape index (κ1) is 18.5. The molecule has 1 aromatic heterocycles. The average molecular weight is 386 g/mol. The van der Waals surface area contributed by atoms with Crippen molar-refractivity contribution in [2.45, 2.75) is 13.1 Å².